The van der Waals surface area contributed by atoms with Crippen molar-refractivity contribution in [3.63, 3.8) is 0 Å². The van der Waals surface area contributed by atoms with E-state index in [1.807, 2.05) is 6.07 Å². The average molecular weight is 470 g/mol. The Balaban J connectivity index is 1.24. The number of aromatic nitrogens is 5. The fourth-order valence-electron chi connectivity index (χ4n) is 5.47. The molecule has 4 heterocycles. The number of carbonyl (C=O) groups excluding carboxylic acids is 1. The summed E-state index contributed by atoms with van der Waals surface area (Å²) in [5.74, 6) is 0.302. The molecular weight excluding hydrogens is 440 g/mol. The van der Waals surface area contributed by atoms with E-state index in [-0.39, 0.29) is 17.3 Å². The summed E-state index contributed by atoms with van der Waals surface area (Å²) in [6.07, 6.45) is 12.1. The van der Waals surface area contributed by atoms with Crippen molar-refractivity contribution in [1.82, 2.24) is 24.4 Å². The Labute approximate surface area is 196 Å². The molecule has 0 aromatic carbocycles. The molecule has 2 saturated carbocycles. The Bertz CT molecular complexity index is 1200. The Kier molecular flexibility index (Phi) is 5.26. The lowest BCUT2D eigenvalue weighted by Crippen LogP contribution is -2.35. The Morgan fingerprint density at radius 2 is 1.88 bits per heavy atom. The van der Waals surface area contributed by atoms with Crippen molar-refractivity contribution in [3.05, 3.63) is 35.9 Å². The highest BCUT2D eigenvalue weighted by Gasteiger charge is 2.44. The lowest BCUT2D eigenvalue weighted by Gasteiger charge is -2.32. The number of hydrogen-bond acceptors (Lipinski definition) is 5. The molecule has 1 saturated heterocycles. The highest BCUT2D eigenvalue weighted by Crippen LogP contribution is 2.53. The normalized spacial score (nSPS) is 20.4. The van der Waals surface area contributed by atoms with E-state index in [0.717, 1.165) is 51.0 Å². The Morgan fingerprint density at radius 3 is 2.59 bits per heavy atom. The van der Waals surface area contributed by atoms with E-state index in [4.69, 9.17) is 4.98 Å². The summed E-state index contributed by atoms with van der Waals surface area (Å²) in [7, 11) is 0. The summed E-state index contributed by atoms with van der Waals surface area (Å²) in [6, 6.07) is 2.01. The van der Waals surface area contributed by atoms with E-state index in [0.29, 0.717) is 11.1 Å². The van der Waals surface area contributed by atoms with Crippen molar-refractivity contribution in [2.75, 3.05) is 23.3 Å². The molecule has 6 rings (SSSR count). The topological polar surface area (TPSA) is 80.3 Å². The fraction of sp³-hybridized carbons (Fsp3) is 0.583. The number of hydrogen-bond donors (Lipinski definition) is 1. The summed E-state index contributed by atoms with van der Waals surface area (Å²) in [5.41, 5.74) is 0.883. The van der Waals surface area contributed by atoms with Crippen LogP contribution >= 0.6 is 0 Å². The molecule has 2 aliphatic carbocycles. The van der Waals surface area contributed by atoms with Crippen LogP contribution < -0.4 is 10.2 Å². The van der Waals surface area contributed by atoms with Gasteiger partial charge in [-0.1, -0.05) is 19.3 Å². The predicted octanol–water partition coefficient (Wildman–Crippen LogP) is 5.00. The molecule has 3 aliphatic rings. The molecule has 1 N–H and O–H groups in total. The van der Waals surface area contributed by atoms with E-state index in [1.54, 1.807) is 21.6 Å². The standard InChI is InChI=1S/C24H29F2N7O/c25-21(26)20-18(15-33(30-20)16-4-2-1-3-5-16)28-23(34)17-14-27-32-11-6-19(29-22(17)32)31-12-9-24(7-8-24)10-13-31/h6,11,14-16,21H,1-5,7-10,12-13H2,(H,28,34). The second-order valence-electron chi connectivity index (χ2n) is 10.1. The van der Waals surface area contributed by atoms with E-state index >= 15 is 0 Å². The highest BCUT2D eigenvalue weighted by atomic mass is 19.3. The predicted molar refractivity (Wildman–Crippen MR) is 123 cm³/mol. The third-order valence-electron chi connectivity index (χ3n) is 7.87. The SMILES string of the molecule is O=C(Nc1cn(C2CCCCC2)nc1C(F)F)c1cnn2ccc(N3CCC4(CC3)CC4)nc12. The number of fused-ring (bicyclic) bond motifs is 1. The lowest BCUT2D eigenvalue weighted by molar-refractivity contribution is 0.102. The van der Waals surface area contributed by atoms with Crippen molar-refractivity contribution < 1.29 is 13.6 Å². The zero-order valence-corrected chi connectivity index (χ0v) is 19.1. The molecular formula is C24H29F2N7O. The van der Waals surface area contributed by atoms with E-state index in [9.17, 15) is 13.6 Å². The maximum Gasteiger partial charge on any atom is 0.284 e. The molecule has 3 aromatic heterocycles. The summed E-state index contributed by atoms with van der Waals surface area (Å²) in [4.78, 5) is 20.1. The smallest absolute Gasteiger partial charge is 0.284 e. The third-order valence-corrected chi connectivity index (χ3v) is 7.87. The number of nitrogens with zero attached hydrogens (tertiary/aromatic N) is 6. The average Bonchev–Trinajstić information content (AvgIpc) is 3.28. The first-order chi connectivity index (χ1) is 16.5. The Morgan fingerprint density at radius 1 is 1.12 bits per heavy atom. The van der Waals surface area contributed by atoms with Crippen LogP contribution in [0.3, 0.4) is 0 Å². The number of nitrogens with one attached hydrogen (secondary N) is 1. The van der Waals surface area contributed by atoms with Crippen molar-refractivity contribution in [2.24, 2.45) is 5.41 Å². The molecule has 0 bridgehead atoms. The van der Waals surface area contributed by atoms with Gasteiger partial charge in [0.05, 0.1) is 17.9 Å². The van der Waals surface area contributed by atoms with Crippen molar-refractivity contribution in [3.8, 4) is 0 Å². The molecule has 34 heavy (non-hydrogen) atoms. The summed E-state index contributed by atoms with van der Waals surface area (Å²) < 4.78 is 30.6. The number of amides is 1. The number of carbonyl (C=O) groups is 1. The molecule has 3 aromatic rings. The van der Waals surface area contributed by atoms with Gasteiger partial charge in [-0.3, -0.25) is 9.48 Å². The van der Waals surface area contributed by atoms with Gasteiger partial charge in [-0.15, -0.1) is 0 Å². The van der Waals surface area contributed by atoms with E-state index < -0.39 is 18.0 Å². The van der Waals surface area contributed by atoms with Gasteiger partial charge in [0.2, 0.25) is 0 Å². The minimum atomic E-state index is -2.78. The van der Waals surface area contributed by atoms with Gasteiger partial charge in [-0.05, 0) is 50.0 Å². The molecule has 8 nitrogen and oxygen atoms in total. The molecule has 1 amide bonds. The molecule has 0 unspecified atom stereocenters. The van der Waals surface area contributed by atoms with Gasteiger partial charge in [0.1, 0.15) is 11.4 Å². The van der Waals surface area contributed by atoms with E-state index in [2.05, 4.69) is 20.4 Å². The maximum absolute atomic E-state index is 13.7. The molecule has 0 atom stereocenters. The number of alkyl halides is 2. The molecule has 10 heteroatoms. The molecule has 0 radical (unpaired) electrons. The largest absolute Gasteiger partial charge is 0.356 e. The maximum atomic E-state index is 13.7. The van der Waals surface area contributed by atoms with Gasteiger partial charge < -0.3 is 10.2 Å². The van der Waals surface area contributed by atoms with E-state index in [1.165, 1.54) is 31.9 Å². The van der Waals surface area contributed by atoms with Crippen LogP contribution in [0.2, 0.25) is 0 Å². The fourth-order valence-corrected chi connectivity index (χ4v) is 5.47. The number of halogens is 2. The molecule has 1 spiro atoms. The molecule has 180 valence electrons. The van der Waals surface area contributed by atoms with Gasteiger partial charge in [0.15, 0.2) is 11.3 Å². The number of anilines is 2. The van der Waals surface area contributed by atoms with Crippen LogP contribution in [-0.4, -0.2) is 43.4 Å². The summed E-state index contributed by atoms with van der Waals surface area (Å²) in [6.45, 7) is 1.91. The van der Waals surface area contributed by atoms with Crippen LogP contribution in [-0.2, 0) is 0 Å². The van der Waals surface area contributed by atoms with Crippen LogP contribution in [0.15, 0.2) is 24.7 Å². The molecule has 1 aliphatic heterocycles. The molecule has 3 fully saturated rings. The number of rotatable bonds is 5. The van der Waals surface area contributed by atoms with Crippen LogP contribution in [0.1, 0.15) is 86.3 Å². The second-order valence-corrected chi connectivity index (χ2v) is 10.1. The zero-order chi connectivity index (χ0) is 23.3. The zero-order valence-electron chi connectivity index (χ0n) is 19.1. The van der Waals surface area contributed by atoms with Crippen molar-refractivity contribution in [2.45, 2.75) is 70.3 Å². The van der Waals surface area contributed by atoms with Gasteiger partial charge in [0, 0.05) is 25.5 Å². The first-order valence-corrected chi connectivity index (χ1v) is 12.3. The summed E-state index contributed by atoms with van der Waals surface area (Å²) >= 11 is 0. The highest BCUT2D eigenvalue weighted by molar-refractivity contribution is 6.08. The minimum Gasteiger partial charge on any atom is -0.356 e. The monoisotopic (exact) mass is 469 g/mol. The summed E-state index contributed by atoms with van der Waals surface area (Å²) in [5, 5.41) is 11.0. The van der Waals surface area contributed by atoms with Crippen LogP contribution in [0, 0.1) is 5.41 Å². The van der Waals surface area contributed by atoms with Gasteiger partial charge in [-0.2, -0.15) is 10.2 Å². The quantitative estimate of drug-likeness (QED) is 0.569. The van der Waals surface area contributed by atoms with Gasteiger partial charge in [-0.25, -0.2) is 18.3 Å². The lowest BCUT2D eigenvalue weighted by atomic mass is 9.94. The van der Waals surface area contributed by atoms with Crippen LogP contribution in [0.4, 0.5) is 20.3 Å². The van der Waals surface area contributed by atoms with Crippen LogP contribution in [0.25, 0.3) is 5.65 Å². The third kappa shape index (κ3) is 3.92. The number of piperidine rings is 1. The van der Waals surface area contributed by atoms with Crippen molar-refractivity contribution in [1.29, 1.82) is 0 Å². The first kappa shape index (κ1) is 21.5. The van der Waals surface area contributed by atoms with Crippen molar-refractivity contribution >= 4 is 23.1 Å². The van der Waals surface area contributed by atoms with Crippen LogP contribution in [0.5, 0.6) is 0 Å². The first-order valence-electron chi connectivity index (χ1n) is 12.3. The minimum absolute atomic E-state index is 0.0480. The second kappa shape index (κ2) is 8.32. The Hall–Kier alpha value is -3.04. The van der Waals surface area contributed by atoms with Gasteiger partial charge >= 0.3 is 0 Å². The van der Waals surface area contributed by atoms with Gasteiger partial charge in [0.25, 0.3) is 12.3 Å².